The second-order valence-corrected chi connectivity index (χ2v) is 6.37. The average molecular weight is 322 g/mol. The van der Waals surface area contributed by atoms with E-state index >= 15 is 0 Å². The summed E-state index contributed by atoms with van der Waals surface area (Å²) in [6, 6.07) is 12.6. The van der Waals surface area contributed by atoms with Crippen LogP contribution in [0.4, 0.5) is 0 Å². The minimum Gasteiger partial charge on any atom is -0.310 e. The molecule has 1 nitrogen and oxygen atoms in total. The number of aryl methyl sites for hydroxylation is 2. The van der Waals surface area contributed by atoms with Gasteiger partial charge in [-0.1, -0.05) is 53.0 Å². The van der Waals surface area contributed by atoms with E-state index in [1.807, 2.05) is 12.1 Å². The molecule has 2 aromatic carbocycles. The van der Waals surface area contributed by atoms with Gasteiger partial charge in [-0.15, -0.1) is 0 Å². The van der Waals surface area contributed by atoms with Gasteiger partial charge in [0.2, 0.25) is 0 Å². The predicted molar refractivity (Wildman–Crippen MR) is 92.5 cm³/mol. The highest BCUT2D eigenvalue weighted by Crippen LogP contribution is 2.22. The van der Waals surface area contributed by atoms with Crippen molar-refractivity contribution in [3.63, 3.8) is 0 Å². The summed E-state index contributed by atoms with van der Waals surface area (Å²) in [5, 5.41) is 4.98. The van der Waals surface area contributed by atoms with Crippen LogP contribution in [0.3, 0.4) is 0 Å². The molecule has 0 aromatic heterocycles. The lowest BCUT2D eigenvalue weighted by atomic mass is 10.00. The first kappa shape index (κ1) is 16.4. The van der Waals surface area contributed by atoms with Gasteiger partial charge in [0.25, 0.3) is 0 Å². The zero-order valence-corrected chi connectivity index (χ0v) is 14.2. The van der Waals surface area contributed by atoms with Gasteiger partial charge in [0.1, 0.15) is 0 Å². The third-order valence-corrected chi connectivity index (χ3v) is 4.34. The van der Waals surface area contributed by atoms with Crippen LogP contribution in [0.15, 0.2) is 36.4 Å². The van der Waals surface area contributed by atoms with E-state index in [0.29, 0.717) is 11.1 Å². The third kappa shape index (κ3) is 4.47. The van der Waals surface area contributed by atoms with Gasteiger partial charge in [0, 0.05) is 16.1 Å². The van der Waals surface area contributed by atoms with Crippen molar-refractivity contribution in [3.8, 4) is 0 Å². The van der Waals surface area contributed by atoms with Gasteiger partial charge in [-0.05, 0) is 62.6 Å². The zero-order valence-electron chi connectivity index (χ0n) is 12.7. The van der Waals surface area contributed by atoms with Crippen LogP contribution in [0, 0.1) is 13.8 Å². The highest BCUT2D eigenvalue weighted by atomic mass is 35.5. The normalized spacial score (nSPS) is 12.4. The maximum absolute atomic E-state index is 6.19. The Morgan fingerprint density at radius 1 is 1.05 bits per heavy atom. The summed E-state index contributed by atoms with van der Waals surface area (Å²) in [5.74, 6) is 0. The summed E-state index contributed by atoms with van der Waals surface area (Å²) < 4.78 is 0. The van der Waals surface area contributed by atoms with Crippen LogP contribution < -0.4 is 5.32 Å². The maximum Gasteiger partial charge on any atom is 0.0453 e. The van der Waals surface area contributed by atoms with E-state index in [-0.39, 0.29) is 0 Å². The minimum absolute atomic E-state index is 0.330. The Labute approximate surface area is 137 Å². The van der Waals surface area contributed by atoms with Crippen molar-refractivity contribution >= 4 is 23.2 Å². The quantitative estimate of drug-likeness (QED) is 0.766. The molecule has 1 atom stereocenters. The number of halogens is 2. The predicted octanol–water partition coefficient (Wildman–Crippen LogP) is 5.50. The molecule has 0 amide bonds. The maximum atomic E-state index is 6.19. The van der Waals surface area contributed by atoms with Gasteiger partial charge in [-0.2, -0.15) is 0 Å². The second-order valence-electron chi connectivity index (χ2n) is 5.52. The topological polar surface area (TPSA) is 12.0 Å². The molecule has 21 heavy (non-hydrogen) atoms. The smallest absolute Gasteiger partial charge is 0.0453 e. The Morgan fingerprint density at radius 3 is 2.48 bits per heavy atom. The molecule has 0 radical (unpaired) electrons. The standard InChI is InChI=1S/C18H21Cl2N/c1-12-4-7-17(13(2)10-12)14(3)21-9-8-15-5-6-16(19)11-18(15)20/h4-7,10-11,14,21H,8-9H2,1-3H3. The number of hydrogen-bond donors (Lipinski definition) is 1. The Bertz CT molecular complexity index is 623. The lowest BCUT2D eigenvalue weighted by molar-refractivity contribution is 0.574. The third-order valence-electron chi connectivity index (χ3n) is 3.75. The van der Waals surface area contributed by atoms with E-state index in [1.165, 1.54) is 16.7 Å². The average Bonchev–Trinajstić information content (AvgIpc) is 2.41. The zero-order chi connectivity index (χ0) is 15.4. The molecule has 1 unspecified atom stereocenters. The van der Waals surface area contributed by atoms with Crippen LogP contribution in [-0.2, 0) is 6.42 Å². The van der Waals surface area contributed by atoms with Gasteiger partial charge in [-0.25, -0.2) is 0 Å². The van der Waals surface area contributed by atoms with Gasteiger partial charge in [-0.3, -0.25) is 0 Å². The lowest BCUT2D eigenvalue weighted by Crippen LogP contribution is -2.22. The van der Waals surface area contributed by atoms with E-state index in [4.69, 9.17) is 23.2 Å². The Kier molecular flexibility index (Phi) is 5.69. The van der Waals surface area contributed by atoms with E-state index in [9.17, 15) is 0 Å². The summed E-state index contributed by atoms with van der Waals surface area (Å²) in [5.41, 5.74) is 5.11. The molecule has 0 heterocycles. The summed E-state index contributed by atoms with van der Waals surface area (Å²) in [4.78, 5) is 0. The Balaban J connectivity index is 1.93. The second kappa shape index (κ2) is 7.31. The highest BCUT2D eigenvalue weighted by molar-refractivity contribution is 6.35. The van der Waals surface area contributed by atoms with Crippen LogP contribution in [0.2, 0.25) is 10.0 Å². The van der Waals surface area contributed by atoms with E-state index in [1.54, 1.807) is 6.07 Å². The SMILES string of the molecule is Cc1ccc(C(C)NCCc2ccc(Cl)cc2Cl)c(C)c1. The van der Waals surface area contributed by atoms with Crippen molar-refractivity contribution in [1.82, 2.24) is 5.32 Å². The molecule has 2 rings (SSSR count). The summed E-state index contributed by atoms with van der Waals surface area (Å²) >= 11 is 12.1. The van der Waals surface area contributed by atoms with Crippen LogP contribution >= 0.6 is 23.2 Å². The molecule has 1 N–H and O–H groups in total. The Morgan fingerprint density at radius 2 is 1.81 bits per heavy atom. The van der Waals surface area contributed by atoms with Crippen molar-refractivity contribution in [2.75, 3.05) is 6.54 Å². The molecule has 0 aliphatic carbocycles. The van der Waals surface area contributed by atoms with Gasteiger partial charge < -0.3 is 5.32 Å². The molecule has 0 spiro atoms. The molecular formula is C18H21Cl2N. The molecule has 0 fully saturated rings. The van der Waals surface area contributed by atoms with Gasteiger partial charge in [0.05, 0.1) is 0 Å². The molecular weight excluding hydrogens is 301 g/mol. The minimum atomic E-state index is 0.330. The monoisotopic (exact) mass is 321 g/mol. The largest absolute Gasteiger partial charge is 0.310 e. The summed E-state index contributed by atoms with van der Waals surface area (Å²) in [6.45, 7) is 7.37. The van der Waals surface area contributed by atoms with Crippen LogP contribution in [0.25, 0.3) is 0 Å². The molecule has 3 heteroatoms. The molecule has 2 aromatic rings. The molecule has 112 valence electrons. The molecule has 0 aliphatic heterocycles. The van der Waals surface area contributed by atoms with Gasteiger partial charge >= 0.3 is 0 Å². The number of rotatable bonds is 5. The number of hydrogen-bond acceptors (Lipinski definition) is 1. The van der Waals surface area contributed by atoms with Crippen molar-refractivity contribution in [2.45, 2.75) is 33.2 Å². The summed E-state index contributed by atoms with van der Waals surface area (Å²) in [6.07, 6.45) is 0.894. The number of nitrogens with one attached hydrogen (secondary N) is 1. The first-order valence-electron chi connectivity index (χ1n) is 7.22. The summed E-state index contributed by atoms with van der Waals surface area (Å²) in [7, 11) is 0. The lowest BCUT2D eigenvalue weighted by Gasteiger charge is -2.17. The van der Waals surface area contributed by atoms with Crippen LogP contribution in [-0.4, -0.2) is 6.54 Å². The van der Waals surface area contributed by atoms with Crippen molar-refractivity contribution in [3.05, 3.63) is 68.7 Å². The molecule has 0 saturated heterocycles. The molecule has 0 aliphatic rings. The molecule has 0 saturated carbocycles. The molecule has 0 bridgehead atoms. The first-order valence-corrected chi connectivity index (χ1v) is 7.97. The van der Waals surface area contributed by atoms with E-state index in [0.717, 1.165) is 23.6 Å². The van der Waals surface area contributed by atoms with Crippen molar-refractivity contribution < 1.29 is 0 Å². The van der Waals surface area contributed by atoms with Crippen LogP contribution in [0.1, 0.15) is 35.2 Å². The fourth-order valence-electron chi connectivity index (χ4n) is 2.57. The Hall–Kier alpha value is -1.02. The van der Waals surface area contributed by atoms with Crippen molar-refractivity contribution in [1.29, 1.82) is 0 Å². The van der Waals surface area contributed by atoms with Gasteiger partial charge in [0.15, 0.2) is 0 Å². The van der Waals surface area contributed by atoms with Crippen molar-refractivity contribution in [2.24, 2.45) is 0 Å². The number of benzene rings is 2. The fraction of sp³-hybridized carbons (Fsp3) is 0.333. The first-order chi connectivity index (χ1) is 9.97. The van der Waals surface area contributed by atoms with E-state index in [2.05, 4.69) is 44.3 Å². The van der Waals surface area contributed by atoms with E-state index < -0.39 is 0 Å². The highest BCUT2D eigenvalue weighted by Gasteiger charge is 2.08. The van der Waals surface area contributed by atoms with Crippen LogP contribution in [0.5, 0.6) is 0 Å². The fourth-order valence-corrected chi connectivity index (χ4v) is 3.07.